The van der Waals surface area contributed by atoms with Crippen LogP contribution in [-0.4, -0.2) is 106 Å². The van der Waals surface area contributed by atoms with Crippen molar-refractivity contribution in [1.29, 1.82) is 0 Å². The topological polar surface area (TPSA) is 99.7 Å². The average Bonchev–Trinajstić information content (AvgIpc) is 3.10. The number of hydrogen-bond acceptors (Lipinski definition) is 7. The predicted molar refractivity (Wildman–Crippen MR) is 182 cm³/mol. The molecule has 0 saturated carbocycles. The largest absolute Gasteiger partial charge is 0.448 e. The molecule has 1 unspecified atom stereocenters. The van der Waals surface area contributed by atoms with Gasteiger partial charge in [-0.15, -0.1) is 0 Å². The van der Waals surface area contributed by atoms with Crippen LogP contribution in [0.15, 0.2) is 95.9 Å². The summed E-state index contributed by atoms with van der Waals surface area (Å²) in [6.07, 6.45) is 1.35. The van der Waals surface area contributed by atoms with Crippen molar-refractivity contribution in [2.24, 2.45) is 0 Å². The first-order chi connectivity index (χ1) is 22.6. The Morgan fingerprint density at radius 2 is 1.40 bits per heavy atom. The van der Waals surface area contributed by atoms with Gasteiger partial charge in [-0.2, -0.15) is 4.31 Å². The van der Waals surface area contributed by atoms with Crippen molar-refractivity contribution in [3.8, 4) is 0 Å². The summed E-state index contributed by atoms with van der Waals surface area (Å²) < 4.78 is 40.1. The smallest absolute Gasteiger partial charge is 0.410 e. The molecular formula is C36H48N4O6S. The number of ether oxygens (including phenoxy) is 2. The maximum Gasteiger partial charge on any atom is 0.410 e. The highest BCUT2D eigenvalue weighted by Gasteiger charge is 2.39. The molecule has 47 heavy (non-hydrogen) atoms. The standard InChI is InChI=1S/C36H48N4O6S/c1-5-40(35(42)45-27-30-15-9-6-10-16-30)32-21-24-39(25-22-32)26-23-36(29-46-34(41)37(2)3,31-17-11-7-12-18-31)28-38(4)47(43,44)33-19-13-8-14-20-33/h6-20,32H,5,21-29H2,1-4H3. The lowest BCUT2D eigenvalue weighted by molar-refractivity contribution is 0.0565. The molecule has 0 N–H and O–H groups in total. The molecule has 1 fully saturated rings. The summed E-state index contributed by atoms with van der Waals surface area (Å²) in [6, 6.07) is 27.8. The second-order valence-corrected chi connectivity index (χ2v) is 14.4. The number of benzene rings is 3. The third-order valence-electron chi connectivity index (χ3n) is 8.88. The lowest BCUT2D eigenvalue weighted by Gasteiger charge is -2.41. The van der Waals surface area contributed by atoms with Gasteiger partial charge < -0.3 is 24.2 Å². The van der Waals surface area contributed by atoms with Gasteiger partial charge in [-0.25, -0.2) is 18.0 Å². The fraction of sp³-hybridized carbons (Fsp3) is 0.444. The Balaban J connectivity index is 1.48. The molecule has 0 bridgehead atoms. The number of hydrogen-bond donors (Lipinski definition) is 0. The van der Waals surface area contributed by atoms with Crippen LogP contribution in [0.2, 0.25) is 0 Å². The van der Waals surface area contributed by atoms with Gasteiger partial charge in [0.25, 0.3) is 0 Å². The van der Waals surface area contributed by atoms with Gasteiger partial charge in [0.2, 0.25) is 10.0 Å². The van der Waals surface area contributed by atoms with Gasteiger partial charge in [-0.05, 0) is 56.0 Å². The van der Waals surface area contributed by atoms with Crippen molar-refractivity contribution in [3.63, 3.8) is 0 Å². The SMILES string of the molecule is CCN(C(=O)OCc1ccccc1)C1CCN(CCC(COC(=O)N(C)C)(CN(C)S(=O)(=O)c2ccccc2)c2ccccc2)CC1. The zero-order valence-corrected chi connectivity index (χ0v) is 28.8. The fourth-order valence-electron chi connectivity index (χ4n) is 6.09. The number of carbonyl (C=O) groups is 2. The zero-order chi connectivity index (χ0) is 33.9. The van der Waals surface area contributed by atoms with Crippen molar-refractivity contribution in [2.75, 3.05) is 60.5 Å². The van der Waals surface area contributed by atoms with Crippen LogP contribution in [0, 0.1) is 0 Å². The van der Waals surface area contributed by atoms with E-state index >= 15 is 0 Å². The van der Waals surface area contributed by atoms with Gasteiger partial charge in [-0.1, -0.05) is 78.9 Å². The molecule has 4 rings (SSSR count). The molecule has 0 aliphatic carbocycles. The van der Waals surface area contributed by atoms with Crippen LogP contribution in [-0.2, 0) is 31.5 Å². The van der Waals surface area contributed by atoms with E-state index in [1.165, 1.54) is 9.21 Å². The zero-order valence-electron chi connectivity index (χ0n) is 28.0. The number of amides is 2. The van der Waals surface area contributed by atoms with E-state index < -0.39 is 21.5 Å². The van der Waals surface area contributed by atoms with E-state index in [0.717, 1.165) is 37.1 Å². The highest BCUT2D eigenvalue weighted by atomic mass is 32.2. The van der Waals surface area contributed by atoms with E-state index in [4.69, 9.17) is 9.47 Å². The number of sulfonamides is 1. The Morgan fingerprint density at radius 1 is 0.830 bits per heavy atom. The van der Waals surface area contributed by atoms with Crippen LogP contribution >= 0.6 is 0 Å². The van der Waals surface area contributed by atoms with Gasteiger partial charge in [0, 0.05) is 58.8 Å². The molecule has 0 radical (unpaired) electrons. The number of piperidine rings is 1. The van der Waals surface area contributed by atoms with E-state index in [-0.39, 0.29) is 36.8 Å². The fourth-order valence-corrected chi connectivity index (χ4v) is 7.36. The molecule has 2 amide bonds. The quantitative estimate of drug-likeness (QED) is 0.226. The van der Waals surface area contributed by atoms with Crippen molar-refractivity contribution < 1.29 is 27.5 Å². The van der Waals surface area contributed by atoms with Gasteiger partial charge in [0.05, 0.1) is 4.90 Å². The second kappa shape index (κ2) is 16.8. The summed E-state index contributed by atoms with van der Waals surface area (Å²) in [5.41, 5.74) is 1.03. The van der Waals surface area contributed by atoms with Crippen LogP contribution in [0.1, 0.15) is 37.3 Å². The molecule has 1 aliphatic heterocycles. The monoisotopic (exact) mass is 664 g/mol. The highest BCUT2D eigenvalue weighted by Crippen LogP contribution is 2.33. The van der Waals surface area contributed by atoms with Crippen LogP contribution in [0.3, 0.4) is 0 Å². The van der Waals surface area contributed by atoms with Crippen LogP contribution in [0.4, 0.5) is 9.59 Å². The van der Waals surface area contributed by atoms with E-state index in [2.05, 4.69) is 4.90 Å². The van der Waals surface area contributed by atoms with Crippen LogP contribution in [0.25, 0.3) is 0 Å². The summed E-state index contributed by atoms with van der Waals surface area (Å²) in [4.78, 5) is 31.4. The minimum absolute atomic E-state index is 0.00993. The molecule has 0 spiro atoms. The maximum absolute atomic E-state index is 13.7. The van der Waals surface area contributed by atoms with Gasteiger partial charge >= 0.3 is 12.2 Å². The molecule has 1 heterocycles. The maximum atomic E-state index is 13.7. The molecule has 1 atom stereocenters. The Bertz CT molecular complexity index is 1520. The normalized spacial score (nSPS) is 15.5. The Morgan fingerprint density at radius 3 is 1.98 bits per heavy atom. The number of carbonyl (C=O) groups excluding carboxylic acids is 2. The predicted octanol–water partition coefficient (Wildman–Crippen LogP) is 5.46. The molecule has 1 aliphatic rings. The van der Waals surface area contributed by atoms with E-state index in [1.54, 1.807) is 51.5 Å². The molecular weight excluding hydrogens is 616 g/mol. The lowest BCUT2D eigenvalue weighted by Crippen LogP contribution is -2.50. The number of rotatable bonds is 14. The molecule has 10 nitrogen and oxygen atoms in total. The number of nitrogens with zero attached hydrogens (tertiary/aromatic N) is 4. The first-order valence-electron chi connectivity index (χ1n) is 16.2. The first-order valence-corrected chi connectivity index (χ1v) is 17.6. The molecule has 254 valence electrons. The molecule has 3 aromatic rings. The van der Waals surface area contributed by atoms with Crippen molar-refractivity contribution >= 4 is 22.2 Å². The summed E-state index contributed by atoms with van der Waals surface area (Å²) in [5.74, 6) is 0. The molecule has 0 aromatic heterocycles. The average molecular weight is 665 g/mol. The van der Waals surface area contributed by atoms with E-state index in [1.807, 2.05) is 72.5 Å². The van der Waals surface area contributed by atoms with E-state index in [9.17, 15) is 18.0 Å². The molecule has 11 heteroatoms. The van der Waals surface area contributed by atoms with Crippen LogP contribution < -0.4 is 0 Å². The summed E-state index contributed by atoms with van der Waals surface area (Å²) in [6.45, 7) is 5.10. The molecule has 1 saturated heterocycles. The number of likely N-dealkylation sites (N-methyl/N-ethyl adjacent to an activating group) is 1. The van der Waals surface area contributed by atoms with Crippen molar-refractivity contribution in [2.45, 2.75) is 49.1 Å². The number of likely N-dealkylation sites (tertiary alicyclic amines) is 1. The molecule has 3 aromatic carbocycles. The lowest BCUT2D eigenvalue weighted by atomic mass is 9.77. The van der Waals surface area contributed by atoms with Crippen LogP contribution in [0.5, 0.6) is 0 Å². The summed E-state index contributed by atoms with van der Waals surface area (Å²) >= 11 is 0. The second-order valence-electron chi connectivity index (χ2n) is 12.3. The summed E-state index contributed by atoms with van der Waals surface area (Å²) in [5, 5.41) is 0. The Labute approximate surface area is 279 Å². The first kappa shape index (κ1) is 35.9. The van der Waals surface area contributed by atoms with Crippen molar-refractivity contribution in [3.05, 3.63) is 102 Å². The Kier molecular flexibility index (Phi) is 12.8. The van der Waals surface area contributed by atoms with Gasteiger partial charge in [0.15, 0.2) is 0 Å². The minimum Gasteiger partial charge on any atom is -0.448 e. The third-order valence-corrected chi connectivity index (χ3v) is 10.7. The van der Waals surface area contributed by atoms with Gasteiger partial charge in [0.1, 0.15) is 13.2 Å². The van der Waals surface area contributed by atoms with Crippen molar-refractivity contribution in [1.82, 2.24) is 19.0 Å². The minimum atomic E-state index is -3.81. The third kappa shape index (κ3) is 9.56. The summed E-state index contributed by atoms with van der Waals surface area (Å²) in [7, 11) is 1.02. The van der Waals surface area contributed by atoms with Gasteiger partial charge in [-0.3, -0.25) is 0 Å². The highest BCUT2D eigenvalue weighted by molar-refractivity contribution is 7.89. The van der Waals surface area contributed by atoms with E-state index in [0.29, 0.717) is 19.5 Å². The Hall–Kier alpha value is -3.93.